The Morgan fingerprint density at radius 1 is 1.21 bits per heavy atom. The van der Waals surface area contributed by atoms with Gasteiger partial charge < -0.3 is 15.8 Å². The van der Waals surface area contributed by atoms with Crippen molar-refractivity contribution in [3.05, 3.63) is 45.4 Å². The number of rotatable bonds is 4. The monoisotopic (exact) mass is 466 g/mol. The summed E-state index contributed by atoms with van der Waals surface area (Å²) in [5, 5.41) is 2.81. The largest absolute Gasteiger partial charge is 0.444 e. The van der Waals surface area contributed by atoms with Crippen LogP contribution in [0.15, 0.2) is 29.0 Å². The molecule has 0 aliphatic rings. The Hall–Kier alpha value is -2.39. The molecule has 28 heavy (non-hydrogen) atoms. The first-order valence-corrected chi connectivity index (χ1v) is 9.69. The standard InChI is InChI=1S/C18H20BrClN6O2/c1-18(2,3)28-17(27)22-8-10-4-6-11(7-5-10)9-26-14-12(23-15(26)19)13(21)24-16(20)25-14/h4-7H,8-9H2,1-3H3,(H,22,27)(H2,21,24,25). The van der Waals surface area contributed by atoms with Crippen LogP contribution in [0.2, 0.25) is 5.28 Å². The van der Waals surface area contributed by atoms with E-state index in [4.69, 9.17) is 22.1 Å². The van der Waals surface area contributed by atoms with E-state index >= 15 is 0 Å². The number of hydrogen-bond donors (Lipinski definition) is 2. The molecule has 0 radical (unpaired) electrons. The van der Waals surface area contributed by atoms with E-state index in [9.17, 15) is 4.79 Å². The van der Waals surface area contributed by atoms with Crippen LogP contribution in [0.5, 0.6) is 0 Å². The smallest absolute Gasteiger partial charge is 0.407 e. The number of carbonyl (C=O) groups excluding carboxylic acids is 1. The number of benzene rings is 1. The molecule has 3 N–H and O–H groups in total. The maximum atomic E-state index is 11.7. The van der Waals surface area contributed by atoms with Crippen molar-refractivity contribution in [2.24, 2.45) is 0 Å². The summed E-state index contributed by atoms with van der Waals surface area (Å²) in [5.41, 5.74) is 8.38. The summed E-state index contributed by atoms with van der Waals surface area (Å²) in [7, 11) is 0. The van der Waals surface area contributed by atoms with Gasteiger partial charge in [-0.1, -0.05) is 24.3 Å². The van der Waals surface area contributed by atoms with Crippen LogP contribution in [0.1, 0.15) is 31.9 Å². The molecular weight excluding hydrogens is 448 g/mol. The third kappa shape index (κ3) is 4.90. The molecule has 0 fully saturated rings. The summed E-state index contributed by atoms with van der Waals surface area (Å²) >= 11 is 9.35. The van der Waals surface area contributed by atoms with Gasteiger partial charge in [-0.25, -0.2) is 9.78 Å². The number of carbonyl (C=O) groups is 1. The molecule has 0 atom stereocenters. The molecule has 0 bridgehead atoms. The molecule has 1 amide bonds. The number of aromatic nitrogens is 4. The Morgan fingerprint density at radius 2 is 1.86 bits per heavy atom. The molecule has 3 aromatic rings. The first kappa shape index (κ1) is 20.3. The van der Waals surface area contributed by atoms with Gasteiger partial charge in [-0.15, -0.1) is 0 Å². The zero-order chi connectivity index (χ0) is 20.5. The minimum Gasteiger partial charge on any atom is -0.444 e. The molecule has 3 rings (SSSR count). The lowest BCUT2D eigenvalue weighted by Gasteiger charge is -2.19. The van der Waals surface area contributed by atoms with Gasteiger partial charge in [0.05, 0.1) is 6.54 Å². The van der Waals surface area contributed by atoms with Gasteiger partial charge in [0.25, 0.3) is 0 Å². The maximum Gasteiger partial charge on any atom is 0.407 e. The van der Waals surface area contributed by atoms with Gasteiger partial charge >= 0.3 is 6.09 Å². The van der Waals surface area contributed by atoms with E-state index in [2.05, 4.69) is 36.2 Å². The second-order valence-corrected chi connectivity index (χ2v) is 8.24. The third-order valence-corrected chi connectivity index (χ3v) is 4.52. The third-order valence-electron chi connectivity index (χ3n) is 3.75. The Bertz CT molecular complexity index is 1010. The number of hydrogen-bond acceptors (Lipinski definition) is 6. The van der Waals surface area contributed by atoms with E-state index in [1.54, 1.807) is 0 Å². The highest BCUT2D eigenvalue weighted by Crippen LogP contribution is 2.24. The summed E-state index contributed by atoms with van der Waals surface area (Å²) in [6, 6.07) is 7.82. The number of nitrogens with one attached hydrogen (secondary N) is 1. The van der Waals surface area contributed by atoms with Crippen LogP contribution < -0.4 is 11.1 Å². The maximum absolute atomic E-state index is 11.7. The second-order valence-electron chi connectivity index (χ2n) is 7.19. The number of alkyl carbamates (subject to hydrolysis) is 1. The van der Waals surface area contributed by atoms with Crippen molar-refractivity contribution in [3.63, 3.8) is 0 Å². The molecule has 148 valence electrons. The fourth-order valence-corrected chi connectivity index (χ4v) is 3.18. The SMILES string of the molecule is CC(C)(C)OC(=O)NCc1ccc(Cn2c(Br)nc3c(N)nc(Cl)nc32)cc1. The van der Waals surface area contributed by atoms with Gasteiger partial charge in [0, 0.05) is 6.54 Å². The Labute approximate surface area is 175 Å². The zero-order valence-electron chi connectivity index (χ0n) is 15.7. The lowest BCUT2D eigenvalue weighted by Crippen LogP contribution is -2.32. The van der Waals surface area contributed by atoms with Crippen molar-refractivity contribution >= 4 is 50.6 Å². The van der Waals surface area contributed by atoms with Crippen molar-refractivity contribution in [2.75, 3.05) is 5.73 Å². The Morgan fingerprint density at radius 3 is 2.50 bits per heavy atom. The summed E-state index contributed by atoms with van der Waals surface area (Å²) in [6.07, 6.45) is -0.445. The van der Waals surface area contributed by atoms with Gasteiger partial charge in [0.15, 0.2) is 21.7 Å². The van der Waals surface area contributed by atoms with Crippen molar-refractivity contribution in [3.8, 4) is 0 Å². The van der Waals surface area contributed by atoms with Crippen LogP contribution in [-0.2, 0) is 17.8 Å². The van der Waals surface area contributed by atoms with Gasteiger partial charge in [0.2, 0.25) is 5.28 Å². The highest BCUT2D eigenvalue weighted by Gasteiger charge is 2.16. The first-order chi connectivity index (χ1) is 13.1. The molecule has 0 spiro atoms. The molecule has 0 aliphatic heterocycles. The van der Waals surface area contributed by atoms with Crippen LogP contribution in [0.4, 0.5) is 10.6 Å². The molecular formula is C18H20BrClN6O2. The number of amides is 1. The number of halogens is 2. The van der Waals surface area contributed by atoms with E-state index in [0.717, 1.165) is 11.1 Å². The summed E-state index contributed by atoms with van der Waals surface area (Å²) in [4.78, 5) is 24.3. The van der Waals surface area contributed by atoms with Crippen LogP contribution in [0.25, 0.3) is 11.2 Å². The highest BCUT2D eigenvalue weighted by atomic mass is 79.9. The minimum absolute atomic E-state index is 0.0715. The van der Waals surface area contributed by atoms with E-state index in [1.165, 1.54) is 0 Å². The van der Waals surface area contributed by atoms with E-state index in [1.807, 2.05) is 49.6 Å². The Balaban J connectivity index is 1.71. The van der Waals surface area contributed by atoms with Crippen molar-refractivity contribution < 1.29 is 9.53 Å². The highest BCUT2D eigenvalue weighted by molar-refractivity contribution is 9.10. The lowest BCUT2D eigenvalue weighted by molar-refractivity contribution is 0.0523. The van der Waals surface area contributed by atoms with Crippen molar-refractivity contribution in [1.29, 1.82) is 0 Å². The van der Waals surface area contributed by atoms with Crippen LogP contribution in [0, 0.1) is 0 Å². The second kappa shape index (κ2) is 7.92. The molecule has 2 aromatic heterocycles. The minimum atomic E-state index is -0.523. The number of ether oxygens (including phenoxy) is 1. The summed E-state index contributed by atoms with van der Waals surface area (Å²) < 4.78 is 7.67. The van der Waals surface area contributed by atoms with Crippen molar-refractivity contribution in [2.45, 2.75) is 39.5 Å². The molecule has 1 aromatic carbocycles. The number of nitrogens with zero attached hydrogens (tertiary/aromatic N) is 4. The predicted octanol–water partition coefficient (Wildman–Crippen LogP) is 3.90. The van der Waals surface area contributed by atoms with E-state index in [0.29, 0.717) is 29.0 Å². The average molecular weight is 468 g/mol. The van der Waals surface area contributed by atoms with E-state index < -0.39 is 11.7 Å². The number of anilines is 1. The Kier molecular flexibility index (Phi) is 5.76. The number of nitrogen functional groups attached to an aromatic ring is 1. The van der Waals surface area contributed by atoms with Crippen molar-refractivity contribution in [1.82, 2.24) is 24.8 Å². The molecule has 10 heteroatoms. The molecule has 0 saturated carbocycles. The number of nitrogens with two attached hydrogens (primary N) is 1. The number of fused-ring (bicyclic) bond motifs is 1. The molecule has 0 saturated heterocycles. The van der Waals surface area contributed by atoms with Crippen LogP contribution in [-0.4, -0.2) is 31.2 Å². The van der Waals surface area contributed by atoms with Gasteiger partial charge in [-0.3, -0.25) is 4.57 Å². The predicted molar refractivity (Wildman–Crippen MR) is 111 cm³/mol. The topological polar surface area (TPSA) is 108 Å². The van der Waals surface area contributed by atoms with Gasteiger partial charge in [-0.05, 0) is 59.4 Å². The average Bonchev–Trinajstić information content (AvgIpc) is 2.89. The molecule has 8 nitrogen and oxygen atoms in total. The van der Waals surface area contributed by atoms with Crippen LogP contribution >= 0.6 is 27.5 Å². The summed E-state index contributed by atoms with van der Waals surface area (Å²) in [6.45, 7) is 6.37. The molecule has 0 unspecified atom stereocenters. The van der Waals surface area contributed by atoms with Gasteiger partial charge in [-0.2, -0.15) is 9.97 Å². The van der Waals surface area contributed by atoms with E-state index in [-0.39, 0.29) is 11.1 Å². The quantitative estimate of drug-likeness (QED) is 0.445. The van der Waals surface area contributed by atoms with Gasteiger partial charge in [0.1, 0.15) is 5.60 Å². The van der Waals surface area contributed by atoms with Crippen LogP contribution in [0.3, 0.4) is 0 Å². The lowest BCUT2D eigenvalue weighted by atomic mass is 10.1. The fraction of sp³-hybridized carbons (Fsp3) is 0.333. The zero-order valence-corrected chi connectivity index (χ0v) is 18.0. The fourth-order valence-electron chi connectivity index (χ4n) is 2.54. The molecule has 2 heterocycles. The normalized spacial score (nSPS) is 11.6. The molecule has 0 aliphatic carbocycles. The first-order valence-electron chi connectivity index (χ1n) is 8.52. The number of imidazole rings is 1. The summed E-state index contributed by atoms with van der Waals surface area (Å²) in [5.74, 6) is 0.234.